The molecular weight excluding hydrogens is 182 g/mol. The van der Waals surface area contributed by atoms with Crippen LogP contribution >= 0.6 is 0 Å². The second-order valence-corrected chi connectivity index (χ2v) is 4.98. The van der Waals surface area contributed by atoms with E-state index in [1.165, 1.54) is 11.1 Å². The van der Waals surface area contributed by atoms with Crippen molar-refractivity contribution in [3.05, 3.63) is 35.4 Å². The average molecular weight is 205 g/mol. The molecule has 1 nitrogen and oxygen atoms in total. The van der Waals surface area contributed by atoms with Gasteiger partial charge in [-0.05, 0) is 31.7 Å². The van der Waals surface area contributed by atoms with Crippen LogP contribution in [0.3, 0.4) is 0 Å². The highest BCUT2D eigenvalue weighted by molar-refractivity contribution is 5.23. The summed E-state index contributed by atoms with van der Waals surface area (Å²) in [5.74, 6) is 0.554. The zero-order chi connectivity index (χ0) is 11.5. The lowest BCUT2D eigenvalue weighted by molar-refractivity contribution is 0.306. The maximum absolute atomic E-state index is 6.34. The van der Waals surface area contributed by atoms with Gasteiger partial charge in [-0.1, -0.05) is 50.1 Å². The van der Waals surface area contributed by atoms with Crippen molar-refractivity contribution < 1.29 is 0 Å². The van der Waals surface area contributed by atoms with Crippen LogP contribution in [0.2, 0.25) is 0 Å². The smallest absolute Gasteiger partial charge is 0.0192 e. The largest absolute Gasteiger partial charge is 0.325 e. The minimum Gasteiger partial charge on any atom is -0.325 e. The first-order chi connectivity index (χ1) is 6.95. The Balaban J connectivity index is 2.72. The molecule has 0 aliphatic heterocycles. The minimum atomic E-state index is -0.0932. The van der Waals surface area contributed by atoms with E-state index in [1.807, 2.05) is 0 Å². The van der Waals surface area contributed by atoms with E-state index in [2.05, 4.69) is 52.0 Å². The van der Waals surface area contributed by atoms with Gasteiger partial charge in [0.25, 0.3) is 0 Å². The molecule has 1 aromatic carbocycles. The standard InChI is InChI=1S/C14H23N/c1-5-12(3)14(4,15)10-13-8-6-11(2)7-9-13/h6-9,12H,5,10,15H2,1-4H3. The topological polar surface area (TPSA) is 26.0 Å². The molecule has 15 heavy (non-hydrogen) atoms. The first kappa shape index (κ1) is 12.3. The Morgan fingerprint density at radius 2 is 1.80 bits per heavy atom. The predicted octanol–water partition coefficient (Wildman–Crippen LogP) is 3.30. The Kier molecular flexibility index (Phi) is 3.92. The third-order valence-electron chi connectivity index (χ3n) is 3.44. The zero-order valence-electron chi connectivity index (χ0n) is 10.4. The van der Waals surface area contributed by atoms with Gasteiger partial charge in [0.2, 0.25) is 0 Å². The molecule has 0 saturated heterocycles. The number of hydrogen-bond donors (Lipinski definition) is 1. The molecule has 2 N–H and O–H groups in total. The van der Waals surface area contributed by atoms with Gasteiger partial charge in [0.05, 0.1) is 0 Å². The molecule has 0 radical (unpaired) electrons. The molecule has 0 aliphatic carbocycles. The average Bonchev–Trinajstić information content (AvgIpc) is 2.20. The Hall–Kier alpha value is -0.820. The highest BCUT2D eigenvalue weighted by Crippen LogP contribution is 2.22. The van der Waals surface area contributed by atoms with Crippen molar-refractivity contribution in [2.45, 2.75) is 46.1 Å². The van der Waals surface area contributed by atoms with Gasteiger partial charge >= 0.3 is 0 Å². The van der Waals surface area contributed by atoms with E-state index in [9.17, 15) is 0 Å². The highest BCUT2D eigenvalue weighted by Gasteiger charge is 2.25. The van der Waals surface area contributed by atoms with Crippen LogP contribution in [0, 0.1) is 12.8 Å². The minimum absolute atomic E-state index is 0.0932. The molecule has 0 amide bonds. The summed E-state index contributed by atoms with van der Waals surface area (Å²) in [5, 5.41) is 0. The van der Waals surface area contributed by atoms with Gasteiger partial charge in [0.1, 0.15) is 0 Å². The molecule has 1 aromatic rings. The molecule has 2 atom stereocenters. The summed E-state index contributed by atoms with van der Waals surface area (Å²) in [7, 11) is 0. The van der Waals surface area contributed by atoms with Gasteiger partial charge < -0.3 is 5.73 Å². The van der Waals surface area contributed by atoms with Gasteiger partial charge in [-0.3, -0.25) is 0 Å². The summed E-state index contributed by atoms with van der Waals surface area (Å²) < 4.78 is 0. The molecule has 0 bridgehead atoms. The van der Waals surface area contributed by atoms with Crippen LogP contribution in [0.5, 0.6) is 0 Å². The lowest BCUT2D eigenvalue weighted by Crippen LogP contribution is -2.44. The number of benzene rings is 1. The fraction of sp³-hybridized carbons (Fsp3) is 0.571. The van der Waals surface area contributed by atoms with Crippen molar-refractivity contribution in [3.63, 3.8) is 0 Å². The summed E-state index contributed by atoms with van der Waals surface area (Å²) in [4.78, 5) is 0. The maximum atomic E-state index is 6.34. The van der Waals surface area contributed by atoms with E-state index >= 15 is 0 Å². The number of rotatable bonds is 4. The molecule has 0 heterocycles. The summed E-state index contributed by atoms with van der Waals surface area (Å²) in [6, 6.07) is 8.68. The fourth-order valence-electron chi connectivity index (χ4n) is 1.79. The Morgan fingerprint density at radius 1 is 1.27 bits per heavy atom. The summed E-state index contributed by atoms with van der Waals surface area (Å²) >= 11 is 0. The lowest BCUT2D eigenvalue weighted by Gasteiger charge is -2.31. The van der Waals surface area contributed by atoms with E-state index in [4.69, 9.17) is 5.73 Å². The molecule has 0 saturated carbocycles. The lowest BCUT2D eigenvalue weighted by atomic mass is 9.81. The van der Waals surface area contributed by atoms with Crippen molar-refractivity contribution >= 4 is 0 Å². The van der Waals surface area contributed by atoms with Crippen LogP contribution in [0.25, 0.3) is 0 Å². The third-order valence-corrected chi connectivity index (χ3v) is 3.44. The van der Waals surface area contributed by atoms with Crippen molar-refractivity contribution in [1.82, 2.24) is 0 Å². The van der Waals surface area contributed by atoms with E-state index in [0.29, 0.717) is 5.92 Å². The van der Waals surface area contributed by atoms with Crippen LogP contribution in [0.1, 0.15) is 38.3 Å². The van der Waals surface area contributed by atoms with Crippen LogP contribution < -0.4 is 5.73 Å². The van der Waals surface area contributed by atoms with Gasteiger partial charge in [-0.15, -0.1) is 0 Å². The predicted molar refractivity (Wildman–Crippen MR) is 66.9 cm³/mol. The number of nitrogens with two attached hydrogens (primary N) is 1. The van der Waals surface area contributed by atoms with Crippen molar-refractivity contribution in [3.8, 4) is 0 Å². The molecule has 1 heteroatoms. The summed E-state index contributed by atoms with van der Waals surface area (Å²) in [5.41, 5.74) is 8.89. The quantitative estimate of drug-likeness (QED) is 0.802. The van der Waals surface area contributed by atoms with Crippen molar-refractivity contribution in [1.29, 1.82) is 0 Å². The number of hydrogen-bond acceptors (Lipinski definition) is 1. The molecular formula is C14H23N. The van der Waals surface area contributed by atoms with Gasteiger partial charge in [0.15, 0.2) is 0 Å². The van der Waals surface area contributed by atoms with E-state index in [1.54, 1.807) is 0 Å². The molecule has 0 aromatic heterocycles. The molecule has 1 rings (SSSR count). The van der Waals surface area contributed by atoms with E-state index in [-0.39, 0.29) is 5.54 Å². The van der Waals surface area contributed by atoms with E-state index < -0.39 is 0 Å². The molecule has 2 unspecified atom stereocenters. The SMILES string of the molecule is CCC(C)C(C)(N)Cc1ccc(C)cc1. The van der Waals surface area contributed by atoms with Crippen LogP contribution in [0.15, 0.2) is 24.3 Å². The third kappa shape index (κ3) is 3.35. The number of aryl methyl sites for hydroxylation is 1. The van der Waals surface area contributed by atoms with Crippen molar-refractivity contribution in [2.24, 2.45) is 11.7 Å². The van der Waals surface area contributed by atoms with E-state index in [0.717, 1.165) is 12.8 Å². The van der Waals surface area contributed by atoms with Crippen molar-refractivity contribution in [2.75, 3.05) is 0 Å². The maximum Gasteiger partial charge on any atom is 0.0192 e. The van der Waals surface area contributed by atoms with Crippen LogP contribution in [0.4, 0.5) is 0 Å². The second kappa shape index (κ2) is 4.80. The highest BCUT2D eigenvalue weighted by atomic mass is 14.7. The normalized spacial score (nSPS) is 17.1. The molecule has 0 aliphatic rings. The van der Waals surface area contributed by atoms with Crippen LogP contribution in [-0.2, 0) is 6.42 Å². The Morgan fingerprint density at radius 3 is 2.27 bits per heavy atom. The Bertz CT molecular complexity index is 298. The molecule has 0 spiro atoms. The molecule has 0 fully saturated rings. The zero-order valence-corrected chi connectivity index (χ0v) is 10.4. The fourth-order valence-corrected chi connectivity index (χ4v) is 1.79. The first-order valence-corrected chi connectivity index (χ1v) is 5.80. The van der Waals surface area contributed by atoms with Crippen LogP contribution in [-0.4, -0.2) is 5.54 Å². The second-order valence-electron chi connectivity index (χ2n) is 4.98. The Labute approximate surface area is 93.7 Å². The molecule has 84 valence electrons. The summed E-state index contributed by atoms with van der Waals surface area (Å²) in [6.45, 7) is 8.69. The van der Waals surface area contributed by atoms with Gasteiger partial charge in [-0.2, -0.15) is 0 Å². The monoisotopic (exact) mass is 205 g/mol. The van der Waals surface area contributed by atoms with Gasteiger partial charge in [-0.25, -0.2) is 0 Å². The summed E-state index contributed by atoms with van der Waals surface area (Å²) in [6.07, 6.45) is 2.10. The van der Waals surface area contributed by atoms with Gasteiger partial charge in [0, 0.05) is 5.54 Å². The first-order valence-electron chi connectivity index (χ1n) is 5.80.